The second kappa shape index (κ2) is 8.56. The van der Waals surface area contributed by atoms with Crippen molar-refractivity contribution < 1.29 is 18.0 Å². The third kappa shape index (κ3) is 4.14. The summed E-state index contributed by atoms with van der Waals surface area (Å²) in [5.41, 5.74) is 1.62. The van der Waals surface area contributed by atoms with E-state index in [0.717, 1.165) is 42.9 Å². The van der Waals surface area contributed by atoms with Crippen LogP contribution in [0.15, 0.2) is 36.9 Å². The molecule has 1 fully saturated rings. The summed E-state index contributed by atoms with van der Waals surface area (Å²) >= 11 is 0. The van der Waals surface area contributed by atoms with Crippen LogP contribution in [0.2, 0.25) is 0 Å². The van der Waals surface area contributed by atoms with Crippen LogP contribution in [0.25, 0.3) is 5.69 Å². The van der Waals surface area contributed by atoms with Crippen molar-refractivity contribution >= 4 is 17.8 Å². The lowest BCUT2D eigenvalue weighted by Gasteiger charge is -2.42. The molecule has 0 radical (unpaired) electrons. The molecule has 3 aromatic heterocycles. The second-order valence-electron chi connectivity index (χ2n) is 7.72. The number of nitrogens with zero attached hydrogens (tertiary/aromatic N) is 6. The van der Waals surface area contributed by atoms with Gasteiger partial charge in [0.25, 0.3) is 0 Å². The minimum atomic E-state index is -4.42. The highest BCUT2D eigenvalue weighted by atomic mass is 19.4. The molecular formula is C21H22F3N7O. The van der Waals surface area contributed by atoms with Crippen molar-refractivity contribution in [1.29, 1.82) is 0 Å². The number of halogens is 3. The van der Waals surface area contributed by atoms with Gasteiger partial charge in [-0.15, -0.1) is 4.80 Å². The Morgan fingerprint density at radius 1 is 1.12 bits per heavy atom. The maximum Gasteiger partial charge on any atom is 0.417 e. The first kappa shape index (κ1) is 21.7. The van der Waals surface area contributed by atoms with Crippen LogP contribution < -0.4 is 10.2 Å². The van der Waals surface area contributed by atoms with Gasteiger partial charge in [0.15, 0.2) is 6.29 Å². The van der Waals surface area contributed by atoms with Crippen molar-refractivity contribution in [1.82, 2.24) is 25.0 Å². The third-order valence-corrected chi connectivity index (χ3v) is 5.67. The Morgan fingerprint density at radius 3 is 2.50 bits per heavy atom. The van der Waals surface area contributed by atoms with E-state index in [0.29, 0.717) is 17.8 Å². The normalized spacial score (nSPS) is 19.1. The van der Waals surface area contributed by atoms with E-state index < -0.39 is 11.7 Å². The van der Waals surface area contributed by atoms with Gasteiger partial charge in [0, 0.05) is 31.0 Å². The standard InChI is InChI=1S/C21H22F3N7O/c1-13-10-25-17(12-32)20(31-27-7-8-28-31)19(13)30-9-3-4-16(14(30)2)29-18-6-5-15(11-26-18)21(22,23)24/h5-8,10-12,14,16H,3-4,9H2,1-2H3,(H,26,29)/t14-,16+/m0/s1. The fourth-order valence-electron chi connectivity index (χ4n) is 4.06. The van der Waals surface area contributed by atoms with E-state index in [2.05, 4.69) is 30.4 Å². The number of alkyl halides is 3. The monoisotopic (exact) mass is 445 g/mol. The highest BCUT2D eigenvalue weighted by Gasteiger charge is 2.33. The Labute approximate surface area is 182 Å². The number of aryl methyl sites for hydroxylation is 1. The predicted octanol–water partition coefficient (Wildman–Crippen LogP) is 3.67. The van der Waals surface area contributed by atoms with Crippen LogP contribution >= 0.6 is 0 Å². The van der Waals surface area contributed by atoms with Crippen molar-refractivity contribution in [3.63, 3.8) is 0 Å². The van der Waals surface area contributed by atoms with E-state index in [1.807, 2.05) is 13.8 Å². The fourth-order valence-corrected chi connectivity index (χ4v) is 4.06. The molecule has 2 atom stereocenters. The molecule has 8 nitrogen and oxygen atoms in total. The molecule has 168 valence electrons. The summed E-state index contributed by atoms with van der Waals surface area (Å²) in [6.07, 6.45) is 3.45. The van der Waals surface area contributed by atoms with Crippen molar-refractivity contribution in [2.24, 2.45) is 0 Å². The first-order chi connectivity index (χ1) is 15.3. The molecule has 0 aliphatic carbocycles. The molecule has 0 spiro atoms. The third-order valence-electron chi connectivity index (χ3n) is 5.67. The van der Waals surface area contributed by atoms with Gasteiger partial charge in [0.1, 0.15) is 17.2 Å². The van der Waals surface area contributed by atoms with Crippen molar-refractivity contribution in [3.8, 4) is 5.69 Å². The van der Waals surface area contributed by atoms with Crippen molar-refractivity contribution in [2.45, 2.75) is 44.9 Å². The zero-order valence-corrected chi connectivity index (χ0v) is 17.5. The smallest absolute Gasteiger partial charge is 0.365 e. The number of carbonyl (C=O) groups is 1. The molecular weight excluding hydrogens is 423 g/mol. The number of hydrogen-bond donors (Lipinski definition) is 1. The Hall–Kier alpha value is -3.50. The minimum Gasteiger partial charge on any atom is -0.365 e. The number of aromatic nitrogens is 5. The summed E-state index contributed by atoms with van der Waals surface area (Å²) in [6.45, 7) is 4.67. The Kier molecular flexibility index (Phi) is 5.81. The van der Waals surface area contributed by atoms with E-state index in [4.69, 9.17) is 0 Å². The lowest BCUT2D eigenvalue weighted by atomic mass is 9.95. The van der Waals surface area contributed by atoms with Crippen LogP contribution in [0, 0.1) is 6.92 Å². The zero-order chi connectivity index (χ0) is 22.9. The number of nitrogens with one attached hydrogen (secondary N) is 1. The summed E-state index contributed by atoms with van der Waals surface area (Å²) in [4.78, 5) is 23.4. The van der Waals surface area contributed by atoms with E-state index in [1.54, 1.807) is 6.20 Å². The second-order valence-corrected chi connectivity index (χ2v) is 7.72. The molecule has 32 heavy (non-hydrogen) atoms. The number of piperidine rings is 1. The summed E-state index contributed by atoms with van der Waals surface area (Å²) in [6, 6.07) is 2.24. The average molecular weight is 445 g/mol. The van der Waals surface area contributed by atoms with E-state index in [9.17, 15) is 18.0 Å². The molecule has 0 bridgehead atoms. The SMILES string of the molecule is Cc1cnc(C=O)c(-n2nccn2)c1N1CCC[C@@H](Nc2ccc(C(F)(F)F)cn2)[C@@H]1C. The molecule has 4 heterocycles. The van der Waals surface area contributed by atoms with Crippen LogP contribution in [-0.4, -0.2) is 49.9 Å². The Balaban J connectivity index is 1.64. The molecule has 0 unspecified atom stereocenters. The van der Waals surface area contributed by atoms with E-state index in [-0.39, 0.29) is 17.8 Å². The number of hydrogen-bond acceptors (Lipinski definition) is 7. The first-order valence-electron chi connectivity index (χ1n) is 10.2. The molecule has 1 saturated heterocycles. The highest BCUT2D eigenvalue weighted by molar-refractivity contribution is 5.84. The van der Waals surface area contributed by atoms with Gasteiger partial charge in [-0.3, -0.25) is 9.78 Å². The lowest BCUT2D eigenvalue weighted by Crippen LogP contribution is -2.50. The summed E-state index contributed by atoms with van der Waals surface area (Å²) in [7, 11) is 0. The van der Waals surface area contributed by atoms with Crippen molar-refractivity contribution in [3.05, 3.63) is 53.7 Å². The van der Waals surface area contributed by atoms with Crippen LogP contribution in [0.3, 0.4) is 0 Å². The van der Waals surface area contributed by atoms with Gasteiger partial charge in [-0.25, -0.2) is 4.98 Å². The number of carbonyl (C=O) groups excluding carboxylic acids is 1. The van der Waals surface area contributed by atoms with Crippen LogP contribution in [0.5, 0.6) is 0 Å². The summed E-state index contributed by atoms with van der Waals surface area (Å²) in [5, 5.41) is 11.7. The number of aldehydes is 1. The van der Waals surface area contributed by atoms with Gasteiger partial charge in [0.2, 0.25) is 0 Å². The van der Waals surface area contributed by atoms with Crippen LogP contribution in [0.4, 0.5) is 24.7 Å². The summed E-state index contributed by atoms with van der Waals surface area (Å²) in [5.74, 6) is 0.380. The quantitative estimate of drug-likeness (QED) is 0.600. The predicted molar refractivity (Wildman–Crippen MR) is 112 cm³/mol. The molecule has 11 heteroatoms. The molecule has 1 aliphatic heterocycles. The van der Waals surface area contributed by atoms with Crippen LogP contribution in [-0.2, 0) is 6.18 Å². The van der Waals surface area contributed by atoms with E-state index >= 15 is 0 Å². The molecule has 1 aliphatic rings. The van der Waals surface area contributed by atoms with Crippen LogP contribution in [0.1, 0.15) is 41.4 Å². The van der Waals surface area contributed by atoms with Gasteiger partial charge in [-0.05, 0) is 44.4 Å². The van der Waals surface area contributed by atoms with Gasteiger partial charge >= 0.3 is 6.18 Å². The number of anilines is 2. The fraction of sp³-hybridized carbons (Fsp3) is 0.381. The molecule has 0 saturated carbocycles. The van der Waals surface area contributed by atoms with Crippen molar-refractivity contribution in [2.75, 3.05) is 16.8 Å². The van der Waals surface area contributed by atoms with Gasteiger partial charge in [-0.1, -0.05) is 0 Å². The lowest BCUT2D eigenvalue weighted by molar-refractivity contribution is -0.137. The zero-order valence-electron chi connectivity index (χ0n) is 17.5. The molecule has 4 rings (SSSR count). The summed E-state index contributed by atoms with van der Waals surface area (Å²) < 4.78 is 38.5. The minimum absolute atomic E-state index is 0.0530. The number of rotatable bonds is 5. The first-order valence-corrected chi connectivity index (χ1v) is 10.2. The highest BCUT2D eigenvalue weighted by Crippen LogP contribution is 2.35. The van der Waals surface area contributed by atoms with Gasteiger partial charge in [0.05, 0.1) is 23.6 Å². The molecule has 1 N–H and O–H groups in total. The number of pyridine rings is 2. The maximum absolute atomic E-state index is 12.8. The van der Waals surface area contributed by atoms with E-state index in [1.165, 1.54) is 23.3 Å². The molecule has 3 aromatic rings. The van der Waals surface area contributed by atoms with Gasteiger partial charge < -0.3 is 10.2 Å². The molecule has 0 aromatic carbocycles. The van der Waals surface area contributed by atoms with Gasteiger partial charge in [-0.2, -0.15) is 23.4 Å². The maximum atomic E-state index is 12.8. The average Bonchev–Trinajstić information content (AvgIpc) is 3.29. The largest absolute Gasteiger partial charge is 0.417 e. The Morgan fingerprint density at radius 2 is 1.88 bits per heavy atom. The molecule has 0 amide bonds. The Bertz CT molecular complexity index is 1080. The topological polar surface area (TPSA) is 88.8 Å².